The zero-order valence-corrected chi connectivity index (χ0v) is 24.3. The Labute approximate surface area is 241 Å². The number of Topliss-reactive ketones (excluding diaryl/α,β-unsaturated/α-hetero) is 1. The van der Waals surface area contributed by atoms with Gasteiger partial charge < -0.3 is 28.8 Å². The Morgan fingerprint density at radius 2 is 1.68 bits per heavy atom. The Morgan fingerprint density at radius 1 is 1.05 bits per heavy atom. The molecule has 1 N–H and O–H groups in total. The average molecular weight is 597 g/mol. The summed E-state index contributed by atoms with van der Waals surface area (Å²) in [6.07, 6.45) is -1.31. The largest absolute Gasteiger partial charge is 0.457 e. The Kier molecular flexibility index (Phi) is 7.66. The monoisotopic (exact) mass is 596 g/mol. The highest BCUT2D eigenvalue weighted by molar-refractivity contribution is 6.23. The van der Waals surface area contributed by atoms with Crippen molar-refractivity contribution in [3.8, 4) is 0 Å². The number of carbonyl (C=O) groups is 6. The summed E-state index contributed by atoms with van der Waals surface area (Å²) in [5.41, 5.74) is -5.35. The van der Waals surface area contributed by atoms with Crippen LogP contribution in [0.25, 0.3) is 0 Å². The third-order valence-electron chi connectivity index (χ3n) is 8.96. The number of esters is 5. The maximum absolute atomic E-state index is 13.9. The Hall–Kier alpha value is -3.25. The van der Waals surface area contributed by atoms with Gasteiger partial charge in [0.15, 0.2) is 29.7 Å². The molecule has 3 fully saturated rings. The van der Waals surface area contributed by atoms with E-state index < -0.39 is 106 Å². The summed E-state index contributed by atoms with van der Waals surface area (Å²) < 4.78 is 27.1. The summed E-state index contributed by atoms with van der Waals surface area (Å²) >= 11 is 6.77. The van der Waals surface area contributed by atoms with E-state index in [1.165, 1.54) is 26.8 Å². The fraction of sp³-hybridized carbons (Fsp3) is 0.643. The number of fused-ring (bicyclic) bond motifs is 2. The van der Waals surface area contributed by atoms with Crippen molar-refractivity contribution in [1.82, 2.24) is 0 Å². The average Bonchev–Trinajstić information content (AvgIpc) is 3.32. The van der Waals surface area contributed by atoms with Crippen LogP contribution in [-0.4, -0.2) is 82.2 Å². The van der Waals surface area contributed by atoms with Crippen LogP contribution in [0.5, 0.6) is 0 Å². The number of carbonyl (C=O) groups excluding carboxylic acids is 6. The number of halogens is 1. The molecular weight excluding hydrogens is 564 g/mol. The van der Waals surface area contributed by atoms with E-state index in [4.69, 9.17) is 35.3 Å². The number of ether oxygens (including phenoxy) is 5. The minimum absolute atomic E-state index is 0.0547. The summed E-state index contributed by atoms with van der Waals surface area (Å²) in [4.78, 5) is 75.5. The van der Waals surface area contributed by atoms with Gasteiger partial charge in [-0.15, -0.1) is 11.6 Å². The standard InChI is InChI=1S/C28H33ClO12/c1-11-17(38-14(4)31)9-8-16-19-22(34)27(7,41-15(5)32)21(26(16,19)6)24(39-18(33)10-37-13(3)30)28(36)12(2)25(35)40-23(28)20(11)29/h8-9,12,16-17,19-21,23-24,36H,1,10H2,2-7H3/b9-8+/t12-,16-,17-,19-,20-,21+,23-,24+,26-,27-,28-/m0/s1. The van der Waals surface area contributed by atoms with Crippen LogP contribution < -0.4 is 0 Å². The first kappa shape index (κ1) is 30.7. The first-order chi connectivity index (χ1) is 18.9. The molecule has 1 aliphatic heterocycles. The lowest BCUT2D eigenvalue weighted by molar-refractivity contribution is -0.217. The normalized spacial score (nSPS) is 43.5. The second-order valence-electron chi connectivity index (χ2n) is 11.5. The van der Waals surface area contributed by atoms with Crippen LogP contribution in [0.15, 0.2) is 24.3 Å². The van der Waals surface area contributed by atoms with Crippen LogP contribution in [0.3, 0.4) is 0 Å². The van der Waals surface area contributed by atoms with Gasteiger partial charge in [0.25, 0.3) is 0 Å². The molecule has 0 bridgehead atoms. The van der Waals surface area contributed by atoms with Crippen LogP contribution in [0.4, 0.5) is 0 Å². The topological polar surface area (TPSA) is 169 Å². The molecule has 0 aromatic heterocycles. The van der Waals surface area contributed by atoms with Gasteiger partial charge in [-0.1, -0.05) is 19.6 Å². The Balaban J connectivity index is 1.96. The van der Waals surface area contributed by atoms with Gasteiger partial charge in [-0.25, -0.2) is 4.79 Å². The number of allylic oxidation sites excluding steroid dienone is 1. The van der Waals surface area contributed by atoms with Gasteiger partial charge in [0.1, 0.15) is 12.2 Å². The maximum atomic E-state index is 13.9. The van der Waals surface area contributed by atoms with Crippen molar-refractivity contribution in [2.24, 2.45) is 29.1 Å². The molecule has 0 aromatic carbocycles. The zero-order chi connectivity index (χ0) is 30.8. The third kappa shape index (κ3) is 4.64. The number of hydrogen-bond acceptors (Lipinski definition) is 12. The molecule has 11 atom stereocenters. The highest BCUT2D eigenvalue weighted by atomic mass is 35.5. The van der Waals surface area contributed by atoms with Gasteiger partial charge in [0, 0.05) is 26.7 Å². The van der Waals surface area contributed by atoms with Crippen LogP contribution in [0.2, 0.25) is 0 Å². The van der Waals surface area contributed by atoms with Gasteiger partial charge in [-0.2, -0.15) is 0 Å². The van der Waals surface area contributed by atoms with E-state index in [0.29, 0.717) is 0 Å². The predicted molar refractivity (Wildman–Crippen MR) is 138 cm³/mol. The molecule has 41 heavy (non-hydrogen) atoms. The molecule has 0 aromatic rings. The smallest absolute Gasteiger partial charge is 0.344 e. The number of hydrogen-bond donors (Lipinski definition) is 1. The number of alkyl halides is 1. The van der Waals surface area contributed by atoms with Gasteiger partial charge in [0.2, 0.25) is 0 Å². The summed E-state index contributed by atoms with van der Waals surface area (Å²) in [5.74, 6) is -8.60. The van der Waals surface area contributed by atoms with Crippen molar-refractivity contribution >= 4 is 47.2 Å². The van der Waals surface area contributed by atoms with Gasteiger partial charge in [-0.05, 0) is 36.8 Å². The summed E-state index contributed by atoms with van der Waals surface area (Å²) in [7, 11) is 0. The van der Waals surface area contributed by atoms with Gasteiger partial charge in [0.05, 0.1) is 17.2 Å². The highest BCUT2D eigenvalue weighted by Gasteiger charge is 2.84. The molecule has 13 heteroatoms. The number of rotatable bonds is 5. The van der Waals surface area contributed by atoms with Gasteiger partial charge >= 0.3 is 29.8 Å². The van der Waals surface area contributed by atoms with E-state index in [2.05, 4.69) is 6.58 Å². The van der Waals surface area contributed by atoms with Crippen molar-refractivity contribution in [2.45, 2.75) is 76.4 Å². The summed E-state index contributed by atoms with van der Waals surface area (Å²) in [6.45, 7) is 10.9. The maximum Gasteiger partial charge on any atom is 0.344 e. The predicted octanol–water partition coefficient (Wildman–Crippen LogP) is 1.19. The minimum Gasteiger partial charge on any atom is -0.457 e. The molecule has 12 nitrogen and oxygen atoms in total. The summed E-state index contributed by atoms with van der Waals surface area (Å²) in [5, 5.41) is 11.1. The fourth-order valence-corrected chi connectivity index (χ4v) is 7.41. The minimum atomic E-state index is -2.42. The van der Waals surface area contributed by atoms with E-state index in [-0.39, 0.29) is 5.57 Å². The van der Waals surface area contributed by atoms with Crippen LogP contribution in [0, 0.1) is 29.1 Å². The summed E-state index contributed by atoms with van der Waals surface area (Å²) in [6, 6.07) is 0. The molecule has 0 spiro atoms. The lowest BCUT2D eigenvalue weighted by atomic mass is 9.66. The van der Waals surface area contributed by atoms with Crippen molar-refractivity contribution in [2.75, 3.05) is 6.61 Å². The van der Waals surface area contributed by atoms with Crippen molar-refractivity contribution in [3.05, 3.63) is 24.3 Å². The molecular formula is C28H33ClO12. The third-order valence-corrected chi connectivity index (χ3v) is 9.47. The first-order valence-corrected chi connectivity index (χ1v) is 13.5. The lowest BCUT2D eigenvalue weighted by Gasteiger charge is -2.47. The molecule has 0 radical (unpaired) electrons. The molecule has 3 aliphatic carbocycles. The van der Waals surface area contributed by atoms with E-state index >= 15 is 0 Å². The van der Waals surface area contributed by atoms with E-state index in [1.807, 2.05) is 0 Å². The SMILES string of the molecule is C=C1[C@@H](OC(C)=O)/C=C/[C@H]2[C@H]3C(=O)[C@@](C)(OC(C)=O)[C@H]([C@@H](OC(=O)COC(C)=O)[C@]4(O)[C@@H](C)C(=O)O[C@H]4[C@H]1Cl)[C@]32C. The van der Waals surface area contributed by atoms with Crippen molar-refractivity contribution in [3.63, 3.8) is 0 Å². The Bertz CT molecular complexity index is 1260. The van der Waals surface area contributed by atoms with Crippen molar-refractivity contribution < 1.29 is 57.6 Å². The van der Waals surface area contributed by atoms with Crippen LogP contribution in [-0.2, 0) is 52.5 Å². The van der Waals surface area contributed by atoms with E-state index in [9.17, 15) is 33.9 Å². The zero-order valence-electron chi connectivity index (χ0n) is 23.5. The second kappa shape index (κ2) is 10.2. The second-order valence-corrected chi connectivity index (χ2v) is 11.9. The molecule has 0 amide bonds. The molecule has 4 rings (SSSR count). The highest BCUT2D eigenvalue weighted by Crippen LogP contribution is 2.75. The fourth-order valence-electron chi connectivity index (χ4n) is 7.03. The first-order valence-electron chi connectivity index (χ1n) is 13.1. The molecule has 1 saturated heterocycles. The van der Waals surface area contributed by atoms with Gasteiger partial charge in [-0.3, -0.25) is 24.0 Å². The van der Waals surface area contributed by atoms with E-state index in [1.54, 1.807) is 13.0 Å². The molecule has 4 aliphatic rings. The molecule has 2 saturated carbocycles. The van der Waals surface area contributed by atoms with Crippen LogP contribution in [0.1, 0.15) is 41.5 Å². The van der Waals surface area contributed by atoms with Crippen molar-refractivity contribution in [1.29, 1.82) is 0 Å². The number of aliphatic hydroxyl groups is 1. The molecule has 224 valence electrons. The Morgan fingerprint density at radius 3 is 2.24 bits per heavy atom. The molecule has 0 unspecified atom stereocenters. The quantitative estimate of drug-likeness (QED) is 0.208. The van der Waals surface area contributed by atoms with Crippen LogP contribution >= 0.6 is 11.6 Å². The molecule has 1 heterocycles. The lowest BCUT2D eigenvalue weighted by Crippen LogP contribution is -2.65. The van der Waals surface area contributed by atoms with E-state index in [0.717, 1.165) is 13.8 Å². The number of ketones is 1.